The summed E-state index contributed by atoms with van der Waals surface area (Å²) >= 11 is 0. The Morgan fingerprint density at radius 2 is 0.635 bits per heavy atom. The minimum absolute atomic E-state index is 1.27. The maximum Gasteiger partial charge on any atom is -0.000696 e. The lowest BCUT2D eigenvalue weighted by Crippen LogP contribution is -1.88. The largest absolute Gasteiger partial charge is 0.0622 e. The molecule has 0 fully saturated rings. The lowest BCUT2D eigenvalue weighted by Gasteiger charge is -2.16. The molecule has 0 nitrogen and oxygen atoms in total. The van der Waals surface area contributed by atoms with Crippen LogP contribution in [0.4, 0.5) is 0 Å². The molecule has 0 heteroatoms. The molecule has 1 aliphatic carbocycles. The van der Waals surface area contributed by atoms with Crippen molar-refractivity contribution in [1.82, 2.24) is 0 Å². The third-order valence-electron chi connectivity index (χ3n) is 12.8. The van der Waals surface area contributed by atoms with Crippen molar-refractivity contribution in [2.75, 3.05) is 0 Å². The van der Waals surface area contributed by atoms with Gasteiger partial charge in [0.15, 0.2) is 0 Å². The predicted octanol–water partition coefficient (Wildman–Crippen LogP) is 14.8. The van der Waals surface area contributed by atoms with Crippen molar-refractivity contribution in [3.05, 3.63) is 158 Å². The van der Waals surface area contributed by atoms with E-state index in [0.29, 0.717) is 0 Å². The summed E-state index contributed by atoms with van der Waals surface area (Å²) in [4.78, 5) is 0. The van der Waals surface area contributed by atoms with Gasteiger partial charge in [-0.25, -0.2) is 0 Å². The zero-order valence-corrected chi connectivity index (χ0v) is 28.0. The second-order valence-corrected chi connectivity index (χ2v) is 15.0. The first-order valence-corrected chi connectivity index (χ1v) is 18.4. The molecule has 0 aliphatic heterocycles. The molecule has 0 amide bonds. The van der Waals surface area contributed by atoms with Crippen molar-refractivity contribution in [2.45, 2.75) is 0 Å². The predicted molar refractivity (Wildman–Crippen MR) is 225 cm³/mol. The molecule has 52 heavy (non-hydrogen) atoms. The lowest BCUT2D eigenvalue weighted by molar-refractivity contribution is 1.70. The molecule has 0 bridgehead atoms. The normalized spacial score (nSPS) is 13.0. The van der Waals surface area contributed by atoms with Gasteiger partial charge < -0.3 is 0 Å². The first-order chi connectivity index (χ1) is 25.8. The van der Waals surface area contributed by atoms with E-state index in [1.54, 1.807) is 0 Å². The first kappa shape index (κ1) is 26.1. The number of rotatable bonds is 1. The maximum absolute atomic E-state index is 2.47. The van der Waals surface area contributed by atoms with Crippen molar-refractivity contribution in [3.63, 3.8) is 0 Å². The van der Waals surface area contributed by atoms with E-state index in [1.807, 2.05) is 0 Å². The Balaban J connectivity index is 1.27. The molecular formula is C52H26. The Labute approximate surface area is 297 Å². The van der Waals surface area contributed by atoms with Crippen LogP contribution in [0, 0.1) is 0 Å². The third kappa shape index (κ3) is 2.79. The molecule has 0 atom stereocenters. The molecule has 0 saturated heterocycles. The third-order valence-corrected chi connectivity index (χ3v) is 12.8. The average molecular weight is 651 g/mol. The van der Waals surface area contributed by atoms with Gasteiger partial charge in [0.1, 0.15) is 0 Å². The quantitative estimate of drug-likeness (QED) is 0.123. The van der Waals surface area contributed by atoms with Crippen LogP contribution in [0.3, 0.4) is 0 Å². The van der Waals surface area contributed by atoms with E-state index >= 15 is 0 Å². The fourth-order valence-corrected chi connectivity index (χ4v) is 10.9. The molecule has 14 rings (SSSR count). The van der Waals surface area contributed by atoms with Crippen LogP contribution in [0.5, 0.6) is 0 Å². The van der Waals surface area contributed by atoms with E-state index in [2.05, 4.69) is 158 Å². The monoisotopic (exact) mass is 650 g/mol. The van der Waals surface area contributed by atoms with Crippen LogP contribution in [-0.2, 0) is 0 Å². The Morgan fingerprint density at radius 1 is 0.212 bits per heavy atom. The van der Waals surface area contributed by atoms with Crippen molar-refractivity contribution in [1.29, 1.82) is 0 Å². The van der Waals surface area contributed by atoms with Crippen LogP contribution in [0.1, 0.15) is 0 Å². The van der Waals surface area contributed by atoms with Gasteiger partial charge in [-0.2, -0.15) is 0 Å². The lowest BCUT2D eigenvalue weighted by atomic mass is 9.87. The molecule has 13 aromatic rings. The highest BCUT2D eigenvalue weighted by atomic mass is 14.3. The summed E-state index contributed by atoms with van der Waals surface area (Å²) < 4.78 is 0. The summed E-state index contributed by atoms with van der Waals surface area (Å²) in [5.74, 6) is 0. The van der Waals surface area contributed by atoms with Gasteiger partial charge in [-0.05, 0) is 147 Å². The van der Waals surface area contributed by atoms with Gasteiger partial charge in [-0.1, -0.05) is 152 Å². The van der Waals surface area contributed by atoms with E-state index in [-0.39, 0.29) is 0 Å². The smallest absolute Gasteiger partial charge is 0.000696 e. The topological polar surface area (TPSA) is 0 Å². The van der Waals surface area contributed by atoms with Gasteiger partial charge >= 0.3 is 0 Å². The van der Waals surface area contributed by atoms with Crippen molar-refractivity contribution in [3.8, 4) is 33.4 Å². The molecule has 1 aliphatic rings. The zero-order chi connectivity index (χ0) is 33.4. The molecular weight excluding hydrogens is 625 g/mol. The number of fused-ring (bicyclic) bond motifs is 14. The van der Waals surface area contributed by atoms with Crippen LogP contribution in [0.25, 0.3) is 141 Å². The molecule has 0 aromatic heterocycles. The Hall–Kier alpha value is -6.76. The van der Waals surface area contributed by atoms with E-state index < -0.39 is 0 Å². The molecule has 0 unspecified atom stereocenters. The van der Waals surface area contributed by atoms with E-state index in [4.69, 9.17) is 0 Å². The Kier molecular flexibility index (Phi) is 4.39. The fourth-order valence-electron chi connectivity index (χ4n) is 10.9. The molecule has 0 radical (unpaired) electrons. The number of hydrogen-bond acceptors (Lipinski definition) is 0. The van der Waals surface area contributed by atoms with Crippen LogP contribution in [0.2, 0.25) is 0 Å². The standard InChI is InChI=1S/C52H26/c1-2-10-27(11-3-1)43-42-26-28-12-4-5-13-29(28)44-32-16-8-9-17-33(32)49(52(42)44)51-41-25-23-39-37-21-19-35-31-15-7-6-14-30(31)34-18-20-36(46(37)45(34)35)38-22-24-40(50(43)51)48(41)47(38)39/h1-26H. The number of hydrogen-bond donors (Lipinski definition) is 0. The van der Waals surface area contributed by atoms with Crippen LogP contribution < -0.4 is 0 Å². The highest BCUT2D eigenvalue weighted by Gasteiger charge is 2.29. The van der Waals surface area contributed by atoms with Gasteiger partial charge in [0.25, 0.3) is 0 Å². The molecule has 0 saturated carbocycles. The summed E-state index contributed by atoms with van der Waals surface area (Å²) in [7, 11) is 0. The summed E-state index contributed by atoms with van der Waals surface area (Å²) in [5, 5.41) is 27.3. The molecule has 0 N–H and O–H groups in total. The molecule has 13 aromatic carbocycles. The highest BCUT2D eigenvalue weighted by molar-refractivity contribution is 6.52. The maximum atomic E-state index is 2.47. The van der Waals surface area contributed by atoms with Crippen LogP contribution in [0.15, 0.2) is 158 Å². The van der Waals surface area contributed by atoms with Gasteiger partial charge in [-0.15, -0.1) is 0 Å². The summed E-state index contributed by atoms with van der Waals surface area (Å²) in [5.41, 5.74) is 8.04. The van der Waals surface area contributed by atoms with E-state index in [9.17, 15) is 0 Å². The van der Waals surface area contributed by atoms with Crippen molar-refractivity contribution in [2.24, 2.45) is 0 Å². The van der Waals surface area contributed by atoms with Gasteiger partial charge in [0, 0.05) is 0 Å². The summed E-state index contributed by atoms with van der Waals surface area (Å²) in [6.07, 6.45) is 0. The minimum atomic E-state index is 1.27. The van der Waals surface area contributed by atoms with Crippen molar-refractivity contribution >= 4 is 108 Å². The van der Waals surface area contributed by atoms with Crippen LogP contribution in [-0.4, -0.2) is 0 Å². The van der Waals surface area contributed by atoms with Gasteiger partial charge in [-0.3, -0.25) is 0 Å². The first-order valence-electron chi connectivity index (χ1n) is 18.4. The Morgan fingerprint density at radius 3 is 1.33 bits per heavy atom. The highest BCUT2D eigenvalue weighted by Crippen LogP contribution is 2.57. The van der Waals surface area contributed by atoms with Crippen LogP contribution >= 0.6 is 0 Å². The SMILES string of the molecule is c1ccc(-c2c3cc4ccccc4c4c5ccccc5c(c5c6ccc7c8ccc9c%10c(ccc(c%11ccc(c25)c6c%117)c%108)-c2ccccc2-9)c34)cc1. The minimum Gasteiger partial charge on any atom is -0.0622 e. The molecule has 234 valence electrons. The summed E-state index contributed by atoms with van der Waals surface area (Å²) in [6, 6.07) is 60.0. The van der Waals surface area contributed by atoms with E-state index in [0.717, 1.165) is 0 Å². The second kappa shape index (κ2) is 8.75. The van der Waals surface area contributed by atoms with Gasteiger partial charge in [0.2, 0.25) is 0 Å². The molecule has 0 spiro atoms. The van der Waals surface area contributed by atoms with Gasteiger partial charge in [0.05, 0.1) is 0 Å². The molecule has 0 heterocycles. The average Bonchev–Trinajstić information content (AvgIpc) is 3.85. The zero-order valence-electron chi connectivity index (χ0n) is 28.0. The van der Waals surface area contributed by atoms with E-state index in [1.165, 1.54) is 141 Å². The summed E-state index contributed by atoms with van der Waals surface area (Å²) in [6.45, 7) is 0. The Bertz CT molecular complexity index is 3640. The number of benzene rings is 11. The second-order valence-electron chi connectivity index (χ2n) is 15.0. The fraction of sp³-hybridized carbons (Fsp3) is 0. The van der Waals surface area contributed by atoms with Crippen molar-refractivity contribution < 1.29 is 0 Å².